The van der Waals surface area contributed by atoms with Gasteiger partial charge in [-0.1, -0.05) is 6.92 Å². The maximum Gasteiger partial charge on any atom is 0.397 e. The van der Waals surface area contributed by atoms with Crippen LogP contribution in [0.3, 0.4) is 0 Å². The van der Waals surface area contributed by atoms with E-state index >= 15 is 0 Å². The lowest BCUT2D eigenvalue weighted by atomic mass is 9.95. The molecule has 0 spiro atoms. The third kappa shape index (κ3) is 8.95. The highest BCUT2D eigenvalue weighted by molar-refractivity contribution is 7.81. The molecule has 21 nitrogen and oxygen atoms in total. The van der Waals surface area contributed by atoms with E-state index in [1.54, 1.807) is 6.92 Å². The number of hydrogen-bond donors (Lipinski definition) is 8. The first-order valence-electron chi connectivity index (χ1n) is 12.6. The topological polar surface area (TPSA) is 327 Å². The molecule has 0 aliphatic carbocycles. The van der Waals surface area contributed by atoms with Crippen molar-refractivity contribution >= 4 is 26.8 Å². The van der Waals surface area contributed by atoms with E-state index in [4.69, 9.17) is 43.3 Å². The van der Waals surface area contributed by atoms with Gasteiger partial charge in [0.2, 0.25) is 0 Å². The number of nitrogens with two attached hydrogens (primary N) is 1. The largest absolute Gasteiger partial charge is 0.479 e. The molecule has 252 valence electrons. The zero-order valence-corrected chi connectivity index (χ0v) is 24.2. The lowest BCUT2D eigenvalue weighted by Crippen LogP contribution is -2.67. The van der Waals surface area contributed by atoms with Gasteiger partial charge < -0.3 is 59.7 Å². The maximum atomic E-state index is 12.1. The van der Waals surface area contributed by atoms with Crippen molar-refractivity contribution in [1.29, 1.82) is 0 Å². The summed E-state index contributed by atoms with van der Waals surface area (Å²) in [6.45, 7) is -0.141. The van der Waals surface area contributed by atoms with E-state index in [1.807, 2.05) is 0 Å². The molecule has 0 aromatic carbocycles. The molecule has 23 heteroatoms. The van der Waals surface area contributed by atoms with Crippen molar-refractivity contribution in [3.05, 3.63) is 0 Å². The minimum atomic E-state index is -4.96. The summed E-state index contributed by atoms with van der Waals surface area (Å²) in [5.41, 5.74) is 5.94. The summed E-state index contributed by atoms with van der Waals surface area (Å²) in [5.74, 6) is -1.75. The first-order chi connectivity index (χ1) is 19.9. The molecule has 3 aliphatic heterocycles. The van der Waals surface area contributed by atoms with Gasteiger partial charge in [0.15, 0.2) is 18.7 Å². The number of rotatable bonds is 13. The van der Waals surface area contributed by atoms with Crippen LogP contribution in [-0.2, 0) is 62.4 Å². The fourth-order valence-electron chi connectivity index (χ4n) is 4.86. The Bertz CT molecular complexity index is 1160. The van der Waals surface area contributed by atoms with Crippen LogP contribution in [0.2, 0.25) is 0 Å². The second kappa shape index (κ2) is 14.5. The number of ether oxygens (including phenoxy) is 6. The van der Waals surface area contributed by atoms with Crippen LogP contribution >= 0.6 is 0 Å². The predicted octanol–water partition coefficient (Wildman–Crippen LogP) is -5.11. The van der Waals surface area contributed by atoms with E-state index in [0.29, 0.717) is 0 Å². The minimum Gasteiger partial charge on any atom is -0.479 e. The summed E-state index contributed by atoms with van der Waals surface area (Å²) in [6, 6.07) is -1.50. The van der Waals surface area contributed by atoms with Gasteiger partial charge in [0.05, 0.1) is 25.4 Å². The number of aliphatic carboxylic acids is 1. The third-order valence-corrected chi connectivity index (χ3v) is 7.83. The molecule has 3 rings (SSSR count). The summed E-state index contributed by atoms with van der Waals surface area (Å²) in [7, 11) is -8.77. The number of methoxy groups -OCH3 is 1. The quantitative estimate of drug-likeness (QED) is 0.0847. The van der Waals surface area contributed by atoms with Crippen molar-refractivity contribution in [2.45, 2.75) is 99.1 Å². The zero-order chi connectivity index (χ0) is 32.4. The summed E-state index contributed by atoms with van der Waals surface area (Å²) in [4.78, 5) is 12.1. The highest BCUT2D eigenvalue weighted by Crippen LogP contribution is 2.33. The average molecular weight is 674 g/mol. The zero-order valence-electron chi connectivity index (χ0n) is 22.5. The van der Waals surface area contributed by atoms with E-state index in [1.165, 1.54) is 0 Å². The van der Waals surface area contributed by atoms with E-state index in [9.17, 15) is 47.2 Å². The number of carboxylic acid groups (broad SMARTS) is 1. The molecule has 0 radical (unpaired) electrons. The molecule has 0 aromatic rings. The summed E-state index contributed by atoms with van der Waals surface area (Å²) >= 11 is 0. The van der Waals surface area contributed by atoms with Crippen LogP contribution < -0.4 is 5.73 Å². The Morgan fingerprint density at radius 2 is 1.28 bits per heavy atom. The van der Waals surface area contributed by atoms with Crippen LogP contribution in [0, 0.1) is 0 Å². The molecule has 0 saturated carbocycles. The molecule has 5 unspecified atom stereocenters. The first-order valence-corrected chi connectivity index (χ1v) is 15.4. The third-order valence-electron chi connectivity index (χ3n) is 6.96. The van der Waals surface area contributed by atoms with Crippen molar-refractivity contribution in [3.63, 3.8) is 0 Å². The van der Waals surface area contributed by atoms with Gasteiger partial charge in [-0.3, -0.25) is 9.11 Å². The normalized spacial score (nSPS) is 42.6. The monoisotopic (exact) mass is 673 g/mol. The van der Waals surface area contributed by atoms with Crippen LogP contribution in [0.4, 0.5) is 0 Å². The highest BCUT2D eigenvalue weighted by Gasteiger charge is 2.55. The van der Waals surface area contributed by atoms with Gasteiger partial charge in [-0.15, -0.1) is 0 Å². The van der Waals surface area contributed by atoms with Gasteiger partial charge >= 0.3 is 26.8 Å². The van der Waals surface area contributed by atoms with Crippen LogP contribution in [0.1, 0.15) is 13.3 Å². The summed E-state index contributed by atoms with van der Waals surface area (Å²) < 4.78 is 103. The minimum absolute atomic E-state index is 0.196. The Morgan fingerprint density at radius 1 is 0.744 bits per heavy atom. The Kier molecular flexibility index (Phi) is 12.2. The Balaban J connectivity index is 1.78. The molecule has 9 N–H and O–H groups in total. The molecular formula is C20H35NO20S2. The number of carbonyl (C=O) groups is 1. The lowest BCUT2D eigenvalue weighted by Gasteiger charge is -2.46. The standard InChI is InChI=1S/C20H35NO20S2/c1-3-6-10(22)15(8(37-6)5-36-43(31,32)33)39-20-13(25)12(24)16(17(41-20)18(26)27)40-19-9(21)11(23)14(34-2)7(38-19)4-35-42(28,29)30/h6-17,19-20,22-25H,3-5,21H2,1-2H3,(H,26,27)(H,28,29,30)(H,31,32,33)/t6-,7?,8+,9?,10?,11+,12+,13?,14+,15-,16-,17?,19-,20+/m0/s1. The SMILES string of the molecule is CC[C@@H]1O[C@H](COS(=O)(=O)O)[C@H](O[C@@H]2OC(C(=O)O)[C@@H](O[C@@H]3OC(COS(=O)(=O)O)[C@@H](OC)[C@H](O)C3N)[C@H](O)C2O)C1O. The molecule has 43 heavy (non-hydrogen) atoms. The van der Waals surface area contributed by atoms with Gasteiger partial charge in [-0.05, 0) is 6.42 Å². The second-order valence-electron chi connectivity index (χ2n) is 9.79. The fourth-order valence-corrected chi connectivity index (χ4v) is 5.47. The van der Waals surface area contributed by atoms with Crippen LogP contribution in [0.25, 0.3) is 0 Å². The first kappa shape index (κ1) is 36.2. The highest BCUT2D eigenvalue weighted by atomic mass is 32.3. The van der Waals surface area contributed by atoms with Crippen LogP contribution in [0.15, 0.2) is 0 Å². The van der Waals surface area contributed by atoms with E-state index in [2.05, 4.69) is 8.37 Å². The Labute approximate surface area is 245 Å². The average Bonchev–Trinajstić information content (AvgIpc) is 3.21. The molecule has 3 fully saturated rings. The van der Waals surface area contributed by atoms with Gasteiger partial charge in [0.1, 0.15) is 54.9 Å². The van der Waals surface area contributed by atoms with Gasteiger partial charge in [0.25, 0.3) is 0 Å². The van der Waals surface area contributed by atoms with Crippen LogP contribution in [0.5, 0.6) is 0 Å². The number of hydrogen-bond acceptors (Lipinski definition) is 18. The van der Waals surface area contributed by atoms with Crippen molar-refractivity contribution in [2.24, 2.45) is 5.73 Å². The Morgan fingerprint density at radius 3 is 1.77 bits per heavy atom. The van der Waals surface area contributed by atoms with Gasteiger partial charge in [-0.2, -0.15) is 16.8 Å². The second-order valence-corrected chi connectivity index (χ2v) is 12.0. The predicted molar refractivity (Wildman–Crippen MR) is 131 cm³/mol. The molecule has 0 bridgehead atoms. The number of aliphatic hydroxyl groups is 4. The molecule has 3 saturated heterocycles. The molecule has 0 aromatic heterocycles. The van der Waals surface area contributed by atoms with Crippen molar-refractivity contribution < 1.29 is 93.1 Å². The van der Waals surface area contributed by atoms with Crippen molar-refractivity contribution in [3.8, 4) is 0 Å². The summed E-state index contributed by atoms with van der Waals surface area (Å²) in [5, 5.41) is 52.6. The van der Waals surface area contributed by atoms with Crippen molar-refractivity contribution in [2.75, 3.05) is 20.3 Å². The van der Waals surface area contributed by atoms with Crippen LogP contribution in [-0.4, -0.2) is 164 Å². The van der Waals surface area contributed by atoms with E-state index in [0.717, 1.165) is 7.11 Å². The number of aliphatic hydroxyl groups excluding tert-OH is 4. The van der Waals surface area contributed by atoms with Gasteiger partial charge in [0, 0.05) is 7.11 Å². The van der Waals surface area contributed by atoms with Crippen molar-refractivity contribution in [1.82, 2.24) is 0 Å². The molecule has 0 amide bonds. The number of carboxylic acids is 1. The smallest absolute Gasteiger partial charge is 0.397 e. The van der Waals surface area contributed by atoms with E-state index in [-0.39, 0.29) is 6.42 Å². The summed E-state index contributed by atoms with van der Waals surface area (Å²) in [6.07, 6.45) is -21.6. The maximum absolute atomic E-state index is 12.1. The van der Waals surface area contributed by atoms with Gasteiger partial charge in [-0.25, -0.2) is 13.2 Å². The molecule has 3 aliphatic rings. The Hall–Kier alpha value is -1.23. The fraction of sp³-hybridized carbons (Fsp3) is 0.950. The molecular weight excluding hydrogens is 638 g/mol. The molecule has 14 atom stereocenters. The lowest BCUT2D eigenvalue weighted by molar-refractivity contribution is -0.347. The van der Waals surface area contributed by atoms with E-state index < -0.39 is 126 Å². The molecule has 3 heterocycles.